The monoisotopic (exact) mass is 279 g/mol. The Morgan fingerprint density at radius 3 is 2.35 bits per heavy atom. The summed E-state index contributed by atoms with van der Waals surface area (Å²) in [6, 6.07) is 9.18. The average molecular weight is 279 g/mol. The van der Waals surface area contributed by atoms with Crippen molar-refractivity contribution in [3.63, 3.8) is 0 Å². The SMILES string of the molecule is CCC(N)(Cc1cc(F)ccc1F)c1cccc(F)c1. The third kappa shape index (κ3) is 3.02. The van der Waals surface area contributed by atoms with Gasteiger partial charge in [-0.15, -0.1) is 0 Å². The molecule has 2 aromatic carbocycles. The summed E-state index contributed by atoms with van der Waals surface area (Å²) in [7, 11) is 0. The first-order valence-electron chi connectivity index (χ1n) is 6.43. The number of hydrogen-bond donors (Lipinski definition) is 1. The van der Waals surface area contributed by atoms with Crippen LogP contribution in [0.4, 0.5) is 13.2 Å². The molecule has 0 amide bonds. The molecule has 1 atom stereocenters. The van der Waals surface area contributed by atoms with Crippen molar-refractivity contribution in [2.75, 3.05) is 0 Å². The fraction of sp³-hybridized carbons (Fsp3) is 0.250. The van der Waals surface area contributed by atoms with Crippen molar-refractivity contribution < 1.29 is 13.2 Å². The van der Waals surface area contributed by atoms with Crippen molar-refractivity contribution in [2.24, 2.45) is 5.73 Å². The summed E-state index contributed by atoms with van der Waals surface area (Å²) >= 11 is 0. The molecule has 0 spiro atoms. The van der Waals surface area contributed by atoms with Crippen LogP contribution in [0.1, 0.15) is 24.5 Å². The Hall–Kier alpha value is -1.81. The summed E-state index contributed by atoms with van der Waals surface area (Å²) in [6.45, 7) is 1.84. The molecule has 20 heavy (non-hydrogen) atoms. The van der Waals surface area contributed by atoms with Crippen LogP contribution in [0, 0.1) is 17.5 Å². The summed E-state index contributed by atoms with van der Waals surface area (Å²) in [5.74, 6) is -1.42. The zero-order valence-electron chi connectivity index (χ0n) is 11.2. The molecule has 0 aromatic heterocycles. The Morgan fingerprint density at radius 2 is 1.70 bits per heavy atom. The summed E-state index contributed by atoms with van der Waals surface area (Å²) in [6.07, 6.45) is 0.586. The predicted octanol–water partition coefficient (Wildman–Crippen LogP) is 3.91. The maximum atomic E-state index is 13.7. The lowest BCUT2D eigenvalue weighted by Crippen LogP contribution is -2.38. The Bertz CT molecular complexity index is 612. The molecule has 2 N–H and O–H groups in total. The van der Waals surface area contributed by atoms with Crippen LogP contribution in [-0.4, -0.2) is 0 Å². The summed E-state index contributed by atoms with van der Waals surface area (Å²) in [5, 5.41) is 0. The average Bonchev–Trinajstić information content (AvgIpc) is 2.43. The third-order valence-electron chi connectivity index (χ3n) is 3.54. The van der Waals surface area contributed by atoms with E-state index in [0.29, 0.717) is 12.0 Å². The molecule has 0 aliphatic carbocycles. The van der Waals surface area contributed by atoms with Crippen LogP contribution in [-0.2, 0) is 12.0 Å². The van der Waals surface area contributed by atoms with Crippen LogP contribution in [0.3, 0.4) is 0 Å². The van der Waals surface area contributed by atoms with Crippen molar-refractivity contribution in [1.82, 2.24) is 0 Å². The van der Waals surface area contributed by atoms with Crippen LogP contribution >= 0.6 is 0 Å². The van der Waals surface area contributed by atoms with Gasteiger partial charge >= 0.3 is 0 Å². The first-order chi connectivity index (χ1) is 9.44. The molecule has 1 nitrogen and oxygen atoms in total. The van der Waals surface area contributed by atoms with Crippen LogP contribution in [0.25, 0.3) is 0 Å². The standard InChI is InChI=1S/C16H16F3N/c1-2-16(20,12-4-3-5-13(17)9-12)10-11-8-14(18)6-7-15(11)19/h3-9H,2,10,20H2,1H3. The zero-order chi connectivity index (χ0) is 14.8. The molecule has 0 radical (unpaired) electrons. The molecule has 0 bridgehead atoms. The molecule has 106 valence electrons. The largest absolute Gasteiger partial charge is 0.321 e. The normalized spacial score (nSPS) is 14.1. The minimum atomic E-state index is -0.934. The van der Waals surface area contributed by atoms with Gasteiger partial charge < -0.3 is 5.73 Å². The van der Waals surface area contributed by atoms with Crippen LogP contribution in [0.5, 0.6) is 0 Å². The Kier molecular flexibility index (Phi) is 4.14. The van der Waals surface area contributed by atoms with E-state index >= 15 is 0 Å². The highest BCUT2D eigenvalue weighted by Gasteiger charge is 2.27. The molecule has 1 unspecified atom stereocenters. The quantitative estimate of drug-likeness (QED) is 0.902. The summed E-state index contributed by atoms with van der Waals surface area (Å²) in [4.78, 5) is 0. The number of benzene rings is 2. The lowest BCUT2D eigenvalue weighted by atomic mass is 9.82. The first-order valence-corrected chi connectivity index (χ1v) is 6.43. The second kappa shape index (κ2) is 5.67. The van der Waals surface area contributed by atoms with Gasteiger partial charge in [0.25, 0.3) is 0 Å². The van der Waals surface area contributed by atoms with Gasteiger partial charge in [0.1, 0.15) is 17.5 Å². The molecule has 0 aliphatic heterocycles. The number of halogens is 3. The molecule has 0 saturated heterocycles. The minimum absolute atomic E-state index is 0.108. The smallest absolute Gasteiger partial charge is 0.126 e. The van der Waals surface area contributed by atoms with Gasteiger partial charge in [0, 0.05) is 5.54 Å². The van der Waals surface area contributed by atoms with E-state index in [4.69, 9.17) is 5.73 Å². The second-order valence-electron chi connectivity index (χ2n) is 4.93. The zero-order valence-corrected chi connectivity index (χ0v) is 11.2. The van der Waals surface area contributed by atoms with E-state index in [-0.39, 0.29) is 12.0 Å². The Balaban J connectivity index is 2.39. The molecular weight excluding hydrogens is 263 g/mol. The highest BCUT2D eigenvalue weighted by molar-refractivity contribution is 5.29. The number of hydrogen-bond acceptors (Lipinski definition) is 1. The van der Waals surface area contributed by atoms with E-state index in [1.54, 1.807) is 12.1 Å². The molecular formula is C16H16F3N. The molecule has 0 fully saturated rings. The fourth-order valence-electron chi connectivity index (χ4n) is 2.25. The fourth-order valence-corrected chi connectivity index (χ4v) is 2.25. The van der Waals surface area contributed by atoms with Crippen LogP contribution in [0.2, 0.25) is 0 Å². The van der Waals surface area contributed by atoms with Gasteiger partial charge in [-0.2, -0.15) is 0 Å². The van der Waals surface area contributed by atoms with Crippen molar-refractivity contribution >= 4 is 0 Å². The van der Waals surface area contributed by atoms with E-state index in [1.807, 2.05) is 6.92 Å². The van der Waals surface area contributed by atoms with Gasteiger partial charge in [-0.1, -0.05) is 19.1 Å². The van der Waals surface area contributed by atoms with E-state index in [9.17, 15) is 13.2 Å². The summed E-state index contributed by atoms with van der Waals surface area (Å²) in [5.41, 5.74) is 6.11. The van der Waals surface area contributed by atoms with Gasteiger partial charge in [-0.3, -0.25) is 0 Å². The van der Waals surface area contributed by atoms with Crippen molar-refractivity contribution in [1.29, 1.82) is 0 Å². The van der Waals surface area contributed by atoms with Crippen molar-refractivity contribution in [2.45, 2.75) is 25.3 Å². The van der Waals surface area contributed by atoms with Gasteiger partial charge in [-0.05, 0) is 54.3 Å². The highest BCUT2D eigenvalue weighted by atomic mass is 19.1. The molecule has 2 rings (SSSR count). The van der Waals surface area contributed by atoms with Crippen LogP contribution < -0.4 is 5.73 Å². The molecule has 2 aromatic rings. The maximum Gasteiger partial charge on any atom is 0.126 e. The molecule has 0 aliphatic rings. The van der Waals surface area contributed by atoms with E-state index in [0.717, 1.165) is 18.2 Å². The van der Waals surface area contributed by atoms with Gasteiger partial charge in [0.2, 0.25) is 0 Å². The van der Waals surface area contributed by atoms with Gasteiger partial charge in [-0.25, -0.2) is 13.2 Å². The van der Waals surface area contributed by atoms with Crippen molar-refractivity contribution in [3.8, 4) is 0 Å². The van der Waals surface area contributed by atoms with Crippen LogP contribution in [0.15, 0.2) is 42.5 Å². The summed E-state index contributed by atoms with van der Waals surface area (Å²) < 4.78 is 40.3. The van der Waals surface area contributed by atoms with Gasteiger partial charge in [0.05, 0.1) is 0 Å². The number of rotatable bonds is 4. The Labute approximate surface area is 116 Å². The predicted molar refractivity (Wildman–Crippen MR) is 72.6 cm³/mol. The second-order valence-corrected chi connectivity index (χ2v) is 4.93. The maximum absolute atomic E-state index is 13.7. The number of nitrogens with two attached hydrogens (primary N) is 1. The Morgan fingerprint density at radius 1 is 1.00 bits per heavy atom. The topological polar surface area (TPSA) is 26.0 Å². The highest BCUT2D eigenvalue weighted by Crippen LogP contribution is 2.28. The molecule has 4 heteroatoms. The lowest BCUT2D eigenvalue weighted by molar-refractivity contribution is 0.412. The third-order valence-corrected chi connectivity index (χ3v) is 3.54. The van der Waals surface area contributed by atoms with Gasteiger partial charge in [0.15, 0.2) is 0 Å². The van der Waals surface area contributed by atoms with Crippen molar-refractivity contribution in [3.05, 3.63) is 71.0 Å². The minimum Gasteiger partial charge on any atom is -0.321 e. The molecule has 0 heterocycles. The van der Waals surface area contributed by atoms with E-state index < -0.39 is 23.0 Å². The molecule has 0 saturated carbocycles. The van der Waals surface area contributed by atoms with E-state index in [2.05, 4.69) is 0 Å². The first kappa shape index (κ1) is 14.6. The lowest BCUT2D eigenvalue weighted by Gasteiger charge is -2.29. The van der Waals surface area contributed by atoms with E-state index in [1.165, 1.54) is 12.1 Å².